The lowest BCUT2D eigenvalue weighted by molar-refractivity contribution is 0.985. The maximum atomic E-state index is 5.32. The molecule has 0 amide bonds. The van der Waals surface area contributed by atoms with Crippen LogP contribution in [0.3, 0.4) is 0 Å². The SMILES string of the molecule is C1=Cc2cc(-c3nc(-c4cc(-c5ccc(-c6cc7ccccc7c7c6CCC=C7)cc5)cc(-c5ccc(-c6cccc7cccnc67)cc5)c4)nc(-c4ccc5ccccc5c4)n3)ccc2CC1. The van der Waals surface area contributed by atoms with Gasteiger partial charge in [-0.25, -0.2) is 15.0 Å². The van der Waals surface area contributed by atoms with Crippen molar-refractivity contribution in [2.24, 2.45) is 0 Å². The molecule has 2 aromatic heterocycles. The van der Waals surface area contributed by atoms with Crippen molar-refractivity contribution in [3.8, 4) is 78.7 Å². The summed E-state index contributed by atoms with van der Waals surface area (Å²) in [5, 5.41) is 6.03. The van der Waals surface area contributed by atoms with Crippen molar-refractivity contribution in [2.75, 3.05) is 0 Å². The lowest BCUT2D eigenvalue weighted by atomic mass is 9.85. The van der Waals surface area contributed by atoms with Crippen molar-refractivity contribution in [3.63, 3.8) is 0 Å². The number of benzene rings is 9. The van der Waals surface area contributed by atoms with E-state index in [0.29, 0.717) is 17.5 Å². The second-order valence-electron chi connectivity index (χ2n) is 18.0. The molecule has 0 aliphatic heterocycles. The molecule has 0 unspecified atom stereocenters. The van der Waals surface area contributed by atoms with Gasteiger partial charge in [-0.1, -0.05) is 170 Å². The zero-order chi connectivity index (χ0) is 45.0. The van der Waals surface area contributed by atoms with Crippen LogP contribution in [0.2, 0.25) is 0 Å². The van der Waals surface area contributed by atoms with Gasteiger partial charge in [0.15, 0.2) is 17.5 Å². The van der Waals surface area contributed by atoms with Crippen LogP contribution in [0, 0.1) is 0 Å². The molecule has 0 atom stereocenters. The molecule has 4 heteroatoms. The summed E-state index contributed by atoms with van der Waals surface area (Å²) < 4.78 is 0. The Labute approximate surface area is 395 Å². The van der Waals surface area contributed by atoms with E-state index in [0.717, 1.165) is 92.0 Å². The molecule has 0 saturated heterocycles. The topological polar surface area (TPSA) is 51.6 Å². The monoisotopic (exact) mass is 868 g/mol. The van der Waals surface area contributed by atoms with Crippen molar-refractivity contribution in [3.05, 3.63) is 229 Å². The minimum absolute atomic E-state index is 0.625. The number of aryl methyl sites for hydroxylation is 1. The lowest BCUT2D eigenvalue weighted by Gasteiger charge is -2.19. The van der Waals surface area contributed by atoms with Gasteiger partial charge in [-0.2, -0.15) is 0 Å². The zero-order valence-corrected chi connectivity index (χ0v) is 37.4. The van der Waals surface area contributed by atoms with E-state index in [1.807, 2.05) is 12.3 Å². The third-order valence-electron chi connectivity index (χ3n) is 13.9. The van der Waals surface area contributed by atoms with Gasteiger partial charge in [-0.05, 0) is 151 Å². The number of para-hydroxylation sites is 1. The molecular weight excluding hydrogens is 825 g/mol. The van der Waals surface area contributed by atoms with Gasteiger partial charge >= 0.3 is 0 Å². The van der Waals surface area contributed by atoms with Gasteiger partial charge in [0.2, 0.25) is 0 Å². The van der Waals surface area contributed by atoms with E-state index in [2.05, 4.69) is 206 Å². The largest absolute Gasteiger partial charge is 0.256 e. The van der Waals surface area contributed by atoms with Crippen LogP contribution in [0.15, 0.2) is 206 Å². The molecular formula is C64H44N4. The number of fused-ring (bicyclic) bond motifs is 6. The van der Waals surface area contributed by atoms with Gasteiger partial charge in [-0.15, -0.1) is 0 Å². The van der Waals surface area contributed by atoms with Gasteiger partial charge in [-0.3, -0.25) is 4.98 Å². The average Bonchev–Trinajstić information content (AvgIpc) is 3.42. The first-order valence-corrected chi connectivity index (χ1v) is 23.6. The van der Waals surface area contributed by atoms with Gasteiger partial charge in [0.05, 0.1) is 5.52 Å². The number of allylic oxidation sites excluding steroid dienone is 2. The van der Waals surface area contributed by atoms with Crippen LogP contribution in [-0.2, 0) is 12.8 Å². The zero-order valence-electron chi connectivity index (χ0n) is 37.4. The molecule has 2 aliphatic carbocycles. The first-order valence-electron chi connectivity index (χ1n) is 23.6. The number of hydrogen-bond donors (Lipinski definition) is 0. The molecule has 0 N–H and O–H groups in total. The summed E-state index contributed by atoms with van der Waals surface area (Å²) in [6.07, 6.45) is 15.2. The molecule has 68 heavy (non-hydrogen) atoms. The molecule has 4 nitrogen and oxygen atoms in total. The molecule has 13 rings (SSSR count). The Morgan fingerprint density at radius 1 is 0.353 bits per heavy atom. The van der Waals surface area contributed by atoms with Crippen molar-refractivity contribution in [1.82, 2.24) is 19.9 Å². The highest BCUT2D eigenvalue weighted by atomic mass is 15.0. The standard InChI is InChI=1S/C64H44N4/c1-3-13-48-35-51(32-26-41(48)11-1)62-66-63(52-33-27-42-12-2-4-14-49(42)36-52)68-64(67-62)55-38-53(43-22-28-45(29-23-43)57-21-9-16-47-17-10-34-65-61(47)57)37-54(39-55)44-24-30-46(31-25-44)60-40-50-15-5-6-18-56(50)58-19-7-8-20-59(58)60/h1,3-7,9-11,13-19,21-40H,2,8,12,20H2. The highest BCUT2D eigenvalue weighted by Gasteiger charge is 2.19. The second-order valence-corrected chi connectivity index (χ2v) is 18.0. The average molecular weight is 869 g/mol. The van der Waals surface area contributed by atoms with E-state index in [1.54, 1.807) is 0 Å². The third-order valence-corrected chi connectivity index (χ3v) is 13.9. The van der Waals surface area contributed by atoms with Gasteiger partial charge in [0.1, 0.15) is 0 Å². The van der Waals surface area contributed by atoms with Crippen LogP contribution < -0.4 is 0 Å². The minimum Gasteiger partial charge on any atom is -0.256 e. The van der Waals surface area contributed by atoms with Crippen molar-refractivity contribution in [1.29, 1.82) is 0 Å². The van der Waals surface area contributed by atoms with E-state index in [-0.39, 0.29) is 0 Å². The minimum atomic E-state index is 0.625. The van der Waals surface area contributed by atoms with Crippen LogP contribution in [0.5, 0.6) is 0 Å². The third kappa shape index (κ3) is 7.28. The number of nitrogens with zero attached hydrogens (tertiary/aromatic N) is 4. The summed E-state index contributed by atoms with van der Waals surface area (Å²) in [5.41, 5.74) is 18.3. The summed E-state index contributed by atoms with van der Waals surface area (Å²) >= 11 is 0. The summed E-state index contributed by atoms with van der Waals surface area (Å²) in [6.45, 7) is 0. The molecule has 2 heterocycles. The Balaban J connectivity index is 0.970. The van der Waals surface area contributed by atoms with E-state index in [9.17, 15) is 0 Å². The molecule has 320 valence electrons. The number of rotatable bonds is 7. The van der Waals surface area contributed by atoms with E-state index >= 15 is 0 Å². The summed E-state index contributed by atoms with van der Waals surface area (Å²) in [4.78, 5) is 20.6. The number of aromatic nitrogens is 4. The fourth-order valence-corrected chi connectivity index (χ4v) is 10.3. The van der Waals surface area contributed by atoms with E-state index in [1.165, 1.54) is 49.5 Å². The molecule has 0 saturated carbocycles. The fraction of sp³-hybridized carbons (Fsp3) is 0.0625. The van der Waals surface area contributed by atoms with Crippen LogP contribution in [0.25, 0.3) is 123 Å². The van der Waals surface area contributed by atoms with Crippen LogP contribution in [-0.4, -0.2) is 19.9 Å². The Bertz CT molecular complexity index is 3840. The van der Waals surface area contributed by atoms with Crippen molar-refractivity contribution in [2.45, 2.75) is 25.7 Å². The fourth-order valence-electron chi connectivity index (χ4n) is 10.3. The molecule has 9 aromatic carbocycles. The van der Waals surface area contributed by atoms with E-state index in [4.69, 9.17) is 19.9 Å². The van der Waals surface area contributed by atoms with E-state index < -0.39 is 0 Å². The molecule has 11 aromatic rings. The van der Waals surface area contributed by atoms with Crippen molar-refractivity contribution >= 4 is 44.6 Å². The smallest absolute Gasteiger partial charge is 0.164 e. The molecule has 0 fully saturated rings. The van der Waals surface area contributed by atoms with Gasteiger partial charge < -0.3 is 0 Å². The lowest BCUT2D eigenvalue weighted by Crippen LogP contribution is -2.02. The predicted molar refractivity (Wildman–Crippen MR) is 283 cm³/mol. The first-order chi connectivity index (χ1) is 33.6. The molecule has 0 spiro atoms. The summed E-state index contributed by atoms with van der Waals surface area (Å²) in [7, 11) is 0. The Hall–Kier alpha value is -8.60. The van der Waals surface area contributed by atoms with Crippen molar-refractivity contribution < 1.29 is 0 Å². The highest BCUT2D eigenvalue weighted by Crippen LogP contribution is 2.40. The normalized spacial score (nSPS) is 12.9. The maximum absolute atomic E-state index is 5.32. The van der Waals surface area contributed by atoms with Crippen LogP contribution >= 0.6 is 0 Å². The molecule has 0 radical (unpaired) electrons. The summed E-state index contributed by atoms with van der Waals surface area (Å²) in [5.74, 6) is 1.92. The maximum Gasteiger partial charge on any atom is 0.164 e. The van der Waals surface area contributed by atoms with Gasteiger partial charge in [0.25, 0.3) is 0 Å². The number of pyridine rings is 1. The molecule has 2 aliphatic rings. The summed E-state index contributed by atoms with van der Waals surface area (Å²) in [6, 6.07) is 68.0. The Kier molecular flexibility index (Phi) is 9.75. The number of hydrogen-bond acceptors (Lipinski definition) is 4. The highest BCUT2D eigenvalue weighted by molar-refractivity contribution is 5.98. The second kappa shape index (κ2) is 16.7. The quantitative estimate of drug-likeness (QED) is 0.160. The Morgan fingerprint density at radius 2 is 0.941 bits per heavy atom. The first kappa shape index (κ1) is 39.7. The van der Waals surface area contributed by atoms with Gasteiger partial charge in [0, 0.05) is 33.8 Å². The van der Waals surface area contributed by atoms with Crippen LogP contribution in [0.1, 0.15) is 35.1 Å². The predicted octanol–water partition coefficient (Wildman–Crippen LogP) is 16.3. The van der Waals surface area contributed by atoms with Crippen LogP contribution in [0.4, 0.5) is 0 Å². The molecule has 0 bridgehead atoms. The Morgan fingerprint density at radius 3 is 1.74 bits per heavy atom.